The molecule has 0 radical (unpaired) electrons. The van der Waals surface area contributed by atoms with Gasteiger partial charge in [0.25, 0.3) is 5.91 Å². The summed E-state index contributed by atoms with van der Waals surface area (Å²) < 4.78 is 1.99. The van der Waals surface area contributed by atoms with Crippen molar-refractivity contribution in [1.82, 2.24) is 14.8 Å². The predicted molar refractivity (Wildman–Crippen MR) is 98.4 cm³/mol. The molecule has 1 aliphatic heterocycles. The second-order valence-electron chi connectivity index (χ2n) is 7.14. The lowest BCUT2D eigenvalue weighted by Gasteiger charge is -2.32. The zero-order valence-corrected chi connectivity index (χ0v) is 15.2. The van der Waals surface area contributed by atoms with Crippen LogP contribution in [0, 0.1) is 0 Å². The van der Waals surface area contributed by atoms with E-state index in [-0.39, 0.29) is 5.91 Å². The van der Waals surface area contributed by atoms with Crippen molar-refractivity contribution in [3.8, 4) is 0 Å². The minimum Gasteiger partial charge on any atom is -0.361 e. The van der Waals surface area contributed by atoms with E-state index in [4.69, 9.17) is 0 Å². The van der Waals surface area contributed by atoms with E-state index in [1.165, 1.54) is 24.1 Å². The monoisotopic (exact) mass is 339 g/mol. The molecule has 0 atom stereocenters. The highest BCUT2D eigenvalue weighted by Crippen LogP contribution is 2.41. The highest BCUT2D eigenvalue weighted by molar-refractivity contribution is 6.07. The molecule has 0 aromatic carbocycles. The van der Waals surface area contributed by atoms with E-state index >= 15 is 0 Å². The van der Waals surface area contributed by atoms with Crippen LogP contribution >= 0.6 is 0 Å². The number of hydrogen-bond donors (Lipinski definition) is 0. The van der Waals surface area contributed by atoms with Gasteiger partial charge in [-0.3, -0.25) is 9.48 Å². The lowest BCUT2D eigenvalue weighted by molar-refractivity contribution is 0.0979. The molecule has 0 unspecified atom stereocenters. The number of pyridine rings is 1. The molecule has 0 bridgehead atoms. The largest absolute Gasteiger partial charge is 0.361 e. The van der Waals surface area contributed by atoms with Gasteiger partial charge in [-0.05, 0) is 50.3 Å². The van der Waals surface area contributed by atoms with E-state index in [0.717, 1.165) is 37.4 Å². The third-order valence-corrected chi connectivity index (χ3v) is 5.08. The Morgan fingerprint density at radius 2 is 2.16 bits per heavy atom. The molecule has 6 nitrogen and oxygen atoms in total. The Hall–Kier alpha value is -2.37. The summed E-state index contributed by atoms with van der Waals surface area (Å²) in [4.78, 5) is 21.6. The fourth-order valence-electron chi connectivity index (χ4n) is 3.68. The van der Waals surface area contributed by atoms with Crippen molar-refractivity contribution in [2.45, 2.75) is 45.1 Å². The van der Waals surface area contributed by atoms with Crippen LogP contribution in [0.1, 0.15) is 53.8 Å². The van der Waals surface area contributed by atoms with Crippen LogP contribution in [0.4, 0.5) is 11.5 Å². The molecular weight excluding hydrogens is 314 g/mol. The third-order valence-electron chi connectivity index (χ3n) is 5.08. The SMILES string of the molecule is CCn1nc(C(=O)N2CCCc3ccnc(N(C)C)c32)cc1C1CC1. The van der Waals surface area contributed by atoms with Gasteiger partial charge in [-0.15, -0.1) is 0 Å². The van der Waals surface area contributed by atoms with E-state index in [1.807, 2.05) is 46.9 Å². The first kappa shape index (κ1) is 16.1. The normalized spacial score (nSPS) is 16.7. The molecule has 0 N–H and O–H groups in total. The number of aryl methyl sites for hydroxylation is 2. The summed E-state index contributed by atoms with van der Waals surface area (Å²) in [5.41, 5.74) is 3.91. The number of fused-ring (bicyclic) bond motifs is 1. The van der Waals surface area contributed by atoms with Crippen molar-refractivity contribution in [3.63, 3.8) is 0 Å². The Morgan fingerprint density at radius 3 is 2.84 bits per heavy atom. The first-order valence-corrected chi connectivity index (χ1v) is 9.15. The fourth-order valence-corrected chi connectivity index (χ4v) is 3.68. The fraction of sp³-hybridized carbons (Fsp3) is 0.526. The van der Waals surface area contributed by atoms with E-state index in [0.29, 0.717) is 11.6 Å². The third kappa shape index (κ3) is 2.79. The molecule has 1 saturated carbocycles. The average Bonchev–Trinajstić information content (AvgIpc) is 3.38. The topological polar surface area (TPSA) is 54.3 Å². The molecule has 0 spiro atoms. The highest BCUT2D eigenvalue weighted by atomic mass is 16.2. The minimum atomic E-state index is -0.00819. The highest BCUT2D eigenvalue weighted by Gasteiger charge is 2.32. The number of hydrogen-bond acceptors (Lipinski definition) is 4. The second-order valence-corrected chi connectivity index (χ2v) is 7.14. The van der Waals surface area contributed by atoms with Crippen LogP contribution in [0.3, 0.4) is 0 Å². The maximum Gasteiger partial charge on any atom is 0.278 e. The van der Waals surface area contributed by atoms with Gasteiger partial charge < -0.3 is 9.80 Å². The molecule has 0 saturated heterocycles. The molecule has 6 heteroatoms. The molecule has 1 fully saturated rings. The Labute approximate surface area is 148 Å². The molecule has 1 amide bonds. The molecular formula is C19H25N5O. The zero-order chi connectivity index (χ0) is 17.6. The van der Waals surface area contributed by atoms with Gasteiger partial charge in [0, 0.05) is 45.0 Å². The molecule has 2 aromatic heterocycles. The smallest absolute Gasteiger partial charge is 0.278 e. The number of amides is 1. The van der Waals surface area contributed by atoms with Gasteiger partial charge in [0.2, 0.25) is 0 Å². The minimum absolute atomic E-state index is 0.00819. The van der Waals surface area contributed by atoms with Crippen molar-refractivity contribution >= 4 is 17.4 Å². The van der Waals surface area contributed by atoms with Gasteiger partial charge in [0.15, 0.2) is 11.5 Å². The number of aromatic nitrogens is 3. The van der Waals surface area contributed by atoms with Crippen molar-refractivity contribution in [1.29, 1.82) is 0 Å². The van der Waals surface area contributed by atoms with Crippen LogP contribution in [0.2, 0.25) is 0 Å². The van der Waals surface area contributed by atoms with Gasteiger partial charge >= 0.3 is 0 Å². The Balaban J connectivity index is 1.73. The Morgan fingerprint density at radius 1 is 1.36 bits per heavy atom. The zero-order valence-electron chi connectivity index (χ0n) is 15.2. The second kappa shape index (κ2) is 6.17. The van der Waals surface area contributed by atoms with Crippen molar-refractivity contribution in [2.24, 2.45) is 0 Å². The van der Waals surface area contributed by atoms with Crippen LogP contribution < -0.4 is 9.80 Å². The van der Waals surface area contributed by atoms with E-state index < -0.39 is 0 Å². The lowest BCUT2D eigenvalue weighted by atomic mass is 10.0. The number of rotatable bonds is 4. The predicted octanol–water partition coefficient (Wildman–Crippen LogP) is 2.83. The van der Waals surface area contributed by atoms with Crippen LogP contribution in [0.25, 0.3) is 0 Å². The Bertz CT molecular complexity index is 806. The van der Waals surface area contributed by atoms with Crippen LogP contribution in [0.15, 0.2) is 18.3 Å². The summed E-state index contributed by atoms with van der Waals surface area (Å²) in [6, 6.07) is 4.03. The average molecular weight is 339 g/mol. The maximum absolute atomic E-state index is 13.3. The van der Waals surface area contributed by atoms with E-state index in [9.17, 15) is 4.79 Å². The van der Waals surface area contributed by atoms with E-state index in [1.54, 1.807) is 0 Å². The summed E-state index contributed by atoms with van der Waals surface area (Å²) >= 11 is 0. The number of carbonyl (C=O) groups excluding carboxylic acids is 1. The summed E-state index contributed by atoms with van der Waals surface area (Å²) in [5, 5.41) is 4.60. The van der Waals surface area contributed by atoms with Crippen molar-refractivity contribution < 1.29 is 4.79 Å². The molecule has 3 heterocycles. The Kier molecular flexibility index (Phi) is 3.98. The van der Waals surface area contributed by atoms with Gasteiger partial charge in [0.1, 0.15) is 0 Å². The number of anilines is 2. The van der Waals surface area contributed by atoms with Crippen molar-refractivity contribution in [3.05, 3.63) is 35.3 Å². The molecule has 4 rings (SSSR count). The van der Waals surface area contributed by atoms with Gasteiger partial charge in [0.05, 0.1) is 5.69 Å². The van der Waals surface area contributed by atoms with Gasteiger partial charge in [-0.25, -0.2) is 4.98 Å². The molecule has 1 aliphatic carbocycles. The quantitative estimate of drug-likeness (QED) is 0.859. The molecule has 132 valence electrons. The molecule has 2 aliphatic rings. The summed E-state index contributed by atoms with van der Waals surface area (Å²) in [7, 11) is 3.94. The summed E-state index contributed by atoms with van der Waals surface area (Å²) in [5.74, 6) is 1.43. The van der Waals surface area contributed by atoms with E-state index in [2.05, 4.69) is 17.0 Å². The van der Waals surface area contributed by atoms with Crippen LogP contribution in [-0.4, -0.2) is 41.3 Å². The van der Waals surface area contributed by atoms with Gasteiger partial charge in [-0.1, -0.05) is 0 Å². The lowest BCUT2D eigenvalue weighted by Crippen LogP contribution is -2.37. The van der Waals surface area contributed by atoms with Crippen molar-refractivity contribution in [2.75, 3.05) is 30.4 Å². The first-order valence-electron chi connectivity index (χ1n) is 9.15. The number of carbonyl (C=O) groups is 1. The van der Waals surface area contributed by atoms with Gasteiger partial charge in [-0.2, -0.15) is 5.10 Å². The first-order chi connectivity index (χ1) is 12.1. The molecule has 25 heavy (non-hydrogen) atoms. The molecule has 2 aromatic rings. The number of nitrogens with zero attached hydrogens (tertiary/aromatic N) is 5. The standard InChI is InChI=1S/C19H25N5O/c1-4-24-16(13-7-8-13)12-15(21-24)19(25)23-11-5-6-14-9-10-20-18(17(14)23)22(2)3/h9-10,12-13H,4-8,11H2,1-3H3. The summed E-state index contributed by atoms with van der Waals surface area (Å²) in [6.07, 6.45) is 6.21. The van der Waals surface area contributed by atoms with Crippen LogP contribution in [-0.2, 0) is 13.0 Å². The summed E-state index contributed by atoms with van der Waals surface area (Å²) in [6.45, 7) is 3.60. The van der Waals surface area contributed by atoms with Crippen LogP contribution in [0.5, 0.6) is 0 Å². The maximum atomic E-state index is 13.3.